The lowest BCUT2D eigenvalue weighted by Gasteiger charge is -2.29. The molecule has 1 N–H and O–H groups in total. The highest BCUT2D eigenvalue weighted by Gasteiger charge is 2.52. The molecule has 4 aromatic rings. The van der Waals surface area contributed by atoms with E-state index in [4.69, 9.17) is 14.2 Å². The highest BCUT2D eigenvalue weighted by Crippen LogP contribution is 2.32. The molecule has 0 saturated carbocycles. The van der Waals surface area contributed by atoms with Crippen LogP contribution in [-0.4, -0.2) is 43.6 Å². The number of alkyl halides is 3. The number of anilines is 1. The molecule has 0 aliphatic heterocycles. The van der Waals surface area contributed by atoms with Crippen LogP contribution in [0.2, 0.25) is 0 Å². The Hall–Kier alpha value is -5.45. The summed E-state index contributed by atoms with van der Waals surface area (Å²) in [4.78, 5) is 52.3. The van der Waals surface area contributed by atoms with Gasteiger partial charge in [-0.25, -0.2) is 0 Å². The number of carbonyl (C=O) groups excluding carboxylic acids is 4. The molecule has 0 fully saturated rings. The fourth-order valence-electron chi connectivity index (χ4n) is 4.83. The van der Waals surface area contributed by atoms with E-state index in [-0.39, 0.29) is 30.8 Å². The molecule has 244 valence electrons. The molecule has 4 aromatic carbocycles. The van der Waals surface area contributed by atoms with Gasteiger partial charge in [0, 0.05) is 11.3 Å². The molecule has 4 rings (SSSR count). The molecule has 0 saturated heterocycles. The molecule has 1 amide bonds. The Bertz CT molecular complexity index is 1690. The Balaban J connectivity index is 1.45. The summed E-state index contributed by atoms with van der Waals surface area (Å²) in [5.41, 5.74) is -0.475. The molecule has 11 heteroatoms. The smallest absolute Gasteiger partial charge is 0.416 e. The minimum Gasteiger partial charge on any atom is -0.465 e. The van der Waals surface area contributed by atoms with Crippen LogP contribution < -0.4 is 5.32 Å². The maximum absolute atomic E-state index is 13.2. The van der Waals surface area contributed by atoms with Gasteiger partial charge in [0.25, 0.3) is 5.91 Å². The van der Waals surface area contributed by atoms with Crippen molar-refractivity contribution in [1.29, 1.82) is 0 Å². The normalized spacial score (nSPS) is 11.3. The van der Waals surface area contributed by atoms with Crippen molar-refractivity contribution in [2.75, 3.05) is 25.1 Å². The Labute approximate surface area is 269 Å². The number of esters is 3. The molecule has 0 spiro atoms. The van der Waals surface area contributed by atoms with Crippen molar-refractivity contribution >= 4 is 29.5 Å². The topological polar surface area (TPSA) is 108 Å². The number of amides is 1. The SMILES string of the molecule is CCOC(=O)C(COC(=O)Cc1ccc(NC(=O)c2ccccc2-c2ccc(C(F)(F)F)cc2)cc1)(C(=O)OCC)c1ccccc1. The Morgan fingerprint density at radius 1 is 0.660 bits per heavy atom. The van der Waals surface area contributed by atoms with Gasteiger partial charge in [0.05, 0.1) is 25.2 Å². The van der Waals surface area contributed by atoms with Crippen molar-refractivity contribution in [1.82, 2.24) is 0 Å². The van der Waals surface area contributed by atoms with E-state index in [9.17, 15) is 32.3 Å². The van der Waals surface area contributed by atoms with E-state index in [1.165, 1.54) is 12.1 Å². The minimum absolute atomic E-state index is 0.00963. The predicted molar refractivity (Wildman–Crippen MR) is 167 cm³/mol. The highest BCUT2D eigenvalue weighted by molar-refractivity contribution is 6.09. The molecule has 0 heterocycles. The number of hydrogen-bond acceptors (Lipinski definition) is 7. The fraction of sp³-hybridized carbons (Fsp3) is 0.222. The second kappa shape index (κ2) is 15.2. The molecule has 0 radical (unpaired) electrons. The largest absolute Gasteiger partial charge is 0.465 e. The van der Waals surface area contributed by atoms with Gasteiger partial charge in [-0.3, -0.25) is 19.2 Å². The zero-order chi connectivity index (χ0) is 34.0. The Morgan fingerprint density at radius 2 is 1.23 bits per heavy atom. The van der Waals surface area contributed by atoms with Gasteiger partial charge in [0.2, 0.25) is 5.41 Å². The van der Waals surface area contributed by atoms with Gasteiger partial charge in [-0.1, -0.05) is 72.8 Å². The number of halogens is 3. The molecule has 8 nitrogen and oxygen atoms in total. The maximum Gasteiger partial charge on any atom is 0.416 e. The van der Waals surface area contributed by atoms with Gasteiger partial charge in [0.15, 0.2) is 0 Å². The van der Waals surface area contributed by atoms with Gasteiger partial charge in [0.1, 0.15) is 6.61 Å². The van der Waals surface area contributed by atoms with Gasteiger partial charge < -0.3 is 19.5 Å². The van der Waals surface area contributed by atoms with E-state index >= 15 is 0 Å². The van der Waals surface area contributed by atoms with E-state index in [0.717, 1.165) is 12.1 Å². The Kier molecular flexibility index (Phi) is 11.1. The quantitative estimate of drug-likeness (QED) is 0.103. The Morgan fingerprint density at radius 3 is 1.81 bits per heavy atom. The van der Waals surface area contributed by atoms with Crippen LogP contribution >= 0.6 is 0 Å². The molecular weight excluding hydrogens is 615 g/mol. The molecule has 0 aliphatic rings. The first kappa shape index (κ1) is 34.4. The van der Waals surface area contributed by atoms with Gasteiger partial charge in [-0.2, -0.15) is 13.2 Å². The number of hydrogen-bond donors (Lipinski definition) is 1. The van der Waals surface area contributed by atoms with E-state index in [0.29, 0.717) is 22.4 Å². The average Bonchev–Trinajstić information content (AvgIpc) is 3.06. The lowest BCUT2D eigenvalue weighted by atomic mass is 9.81. The second-order valence-corrected chi connectivity index (χ2v) is 10.3. The summed E-state index contributed by atoms with van der Waals surface area (Å²) in [5.74, 6) is -3.01. The zero-order valence-electron chi connectivity index (χ0n) is 25.6. The van der Waals surface area contributed by atoms with Crippen molar-refractivity contribution in [3.8, 4) is 11.1 Å². The molecule has 0 aromatic heterocycles. The summed E-state index contributed by atoms with van der Waals surface area (Å²) in [7, 11) is 0. The first-order chi connectivity index (χ1) is 22.5. The number of ether oxygens (including phenoxy) is 3. The molecule has 0 bridgehead atoms. The van der Waals surface area contributed by atoms with Crippen molar-refractivity contribution < 1.29 is 46.6 Å². The number of nitrogens with one attached hydrogen (secondary N) is 1. The van der Waals surface area contributed by atoms with Gasteiger partial charge in [-0.15, -0.1) is 0 Å². The summed E-state index contributed by atoms with van der Waals surface area (Å²) in [5, 5.41) is 2.76. The van der Waals surface area contributed by atoms with E-state index < -0.39 is 47.6 Å². The van der Waals surface area contributed by atoms with E-state index in [2.05, 4.69) is 5.32 Å². The maximum atomic E-state index is 13.2. The predicted octanol–water partition coefficient (Wildman–Crippen LogP) is 6.77. The monoisotopic (exact) mass is 647 g/mol. The number of carbonyl (C=O) groups is 4. The lowest BCUT2D eigenvalue weighted by molar-refractivity contribution is -0.170. The third-order valence-electron chi connectivity index (χ3n) is 7.22. The van der Waals surface area contributed by atoms with Crippen LogP contribution in [0, 0.1) is 0 Å². The van der Waals surface area contributed by atoms with Crippen LogP contribution in [0.25, 0.3) is 11.1 Å². The summed E-state index contributed by atoms with van der Waals surface area (Å²) in [6, 6.07) is 25.5. The van der Waals surface area contributed by atoms with Gasteiger partial charge in [-0.05, 0) is 66.4 Å². The summed E-state index contributed by atoms with van der Waals surface area (Å²) >= 11 is 0. The van der Waals surface area contributed by atoms with E-state index in [1.54, 1.807) is 92.7 Å². The van der Waals surface area contributed by atoms with Crippen molar-refractivity contribution in [2.24, 2.45) is 0 Å². The third-order valence-corrected chi connectivity index (χ3v) is 7.22. The molecular formula is C36H32F3NO7. The lowest BCUT2D eigenvalue weighted by Crippen LogP contribution is -2.50. The molecule has 0 unspecified atom stereocenters. The average molecular weight is 648 g/mol. The van der Waals surface area contributed by atoms with Crippen LogP contribution in [0.3, 0.4) is 0 Å². The molecule has 47 heavy (non-hydrogen) atoms. The van der Waals surface area contributed by atoms with Crippen LogP contribution in [0.5, 0.6) is 0 Å². The molecule has 0 atom stereocenters. The van der Waals surface area contributed by atoms with Crippen molar-refractivity contribution in [3.05, 3.63) is 125 Å². The van der Waals surface area contributed by atoms with Crippen LogP contribution in [-0.2, 0) is 46.6 Å². The van der Waals surface area contributed by atoms with E-state index in [1.807, 2.05) is 0 Å². The number of rotatable bonds is 12. The second-order valence-electron chi connectivity index (χ2n) is 10.3. The first-order valence-electron chi connectivity index (χ1n) is 14.7. The highest BCUT2D eigenvalue weighted by atomic mass is 19.4. The van der Waals surface area contributed by atoms with Crippen molar-refractivity contribution in [2.45, 2.75) is 31.9 Å². The summed E-state index contributed by atoms with van der Waals surface area (Å²) < 4.78 is 54.9. The number of benzene rings is 4. The third kappa shape index (κ3) is 8.23. The van der Waals surface area contributed by atoms with Crippen LogP contribution in [0.15, 0.2) is 103 Å². The van der Waals surface area contributed by atoms with Gasteiger partial charge >= 0.3 is 24.1 Å². The summed E-state index contributed by atoms with van der Waals surface area (Å²) in [6.45, 7) is 2.53. The minimum atomic E-state index is -4.48. The summed E-state index contributed by atoms with van der Waals surface area (Å²) in [6.07, 6.45) is -4.68. The van der Waals surface area contributed by atoms with Crippen molar-refractivity contribution in [3.63, 3.8) is 0 Å². The van der Waals surface area contributed by atoms with Crippen LogP contribution in [0.4, 0.5) is 18.9 Å². The van der Waals surface area contributed by atoms with Crippen LogP contribution in [0.1, 0.15) is 40.9 Å². The fourth-order valence-corrected chi connectivity index (χ4v) is 4.83. The standard InChI is InChI=1S/C36H32F3NO7/c1-3-45-33(43)35(34(44)46-4-2,26-10-6-5-7-11-26)23-47-31(41)22-24-14-20-28(21-15-24)40-32(42)30-13-9-8-12-29(30)25-16-18-27(19-17-25)36(37,38)39/h5-21H,3-4,22-23H2,1-2H3,(H,40,42). The first-order valence-corrected chi connectivity index (χ1v) is 14.7. The molecule has 0 aliphatic carbocycles. The zero-order valence-corrected chi connectivity index (χ0v) is 25.6.